The van der Waals surface area contributed by atoms with Crippen molar-refractivity contribution >= 4 is 11.9 Å². The van der Waals surface area contributed by atoms with Crippen LogP contribution in [0.2, 0.25) is 0 Å². The smallest absolute Gasteiger partial charge is 0.239 e. The molecule has 0 spiro atoms. The zero-order valence-corrected chi connectivity index (χ0v) is 16.4. The van der Waals surface area contributed by atoms with Gasteiger partial charge in [-0.3, -0.25) is 14.7 Å². The molecule has 1 aliphatic carbocycles. The van der Waals surface area contributed by atoms with E-state index in [1.807, 2.05) is 12.1 Å². The minimum Gasteiger partial charge on any atom is -0.468 e. The standard InChI is InChI=1S/C20H33N5O2/c1-21-20(23-15-19(26)24-16-8-3-2-4-9-16)22-14-17(18-10-7-13-27-18)25-11-5-6-12-25/h7,10,13,16-17H,2-6,8-9,11-12,14-15H2,1H3,(H,24,26)(H2,21,22,23). The van der Waals surface area contributed by atoms with Crippen LogP contribution >= 0.6 is 0 Å². The molecule has 1 aliphatic heterocycles. The van der Waals surface area contributed by atoms with E-state index in [1.165, 1.54) is 32.1 Å². The summed E-state index contributed by atoms with van der Waals surface area (Å²) in [4.78, 5) is 18.9. The zero-order chi connectivity index (χ0) is 18.9. The van der Waals surface area contributed by atoms with E-state index in [0.29, 0.717) is 18.5 Å². The predicted molar refractivity (Wildman–Crippen MR) is 107 cm³/mol. The van der Waals surface area contributed by atoms with Crippen LogP contribution in [0.1, 0.15) is 56.7 Å². The largest absolute Gasteiger partial charge is 0.468 e. The first kappa shape index (κ1) is 19.7. The molecular formula is C20H33N5O2. The highest BCUT2D eigenvalue weighted by atomic mass is 16.3. The molecule has 1 aromatic rings. The SMILES string of the molecule is CN=C(NCC(=O)NC1CCCCC1)NCC(c1ccco1)N1CCCC1. The number of aliphatic imine (C=N–C) groups is 1. The fourth-order valence-electron chi connectivity index (χ4n) is 4.05. The maximum Gasteiger partial charge on any atom is 0.239 e. The van der Waals surface area contributed by atoms with Gasteiger partial charge >= 0.3 is 0 Å². The Morgan fingerprint density at radius 2 is 2.00 bits per heavy atom. The van der Waals surface area contributed by atoms with E-state index in [1.54, 1.807) is 13.3 Å². The molecule has 1 atom stereocenters. The summed E-state index contributed by atoms with van der Waals surface area (Å²) >= 11 is 0. The van der Waals surface area contributed by atoms with Gasteiger partial charge in [-0.25, -0.2) is 0 Å². The summed E-state index contributed by atoms with van der Waals surface area (Å²) in [7, 11) is 1.73. The van der Waals surface area contributed by atoms with E-state index in [2.05, 4.69) is 25.8 Å². The Labute approximate surface area is 162 Å². The topological polar surface area (TPSA) is 81.9 Å². The molecule has 3 rings (SSSR count). The van der Waals surface area contributed by atoms with Crippen LogP contribution in [-0.4, -0.2) is 56.0 Å². The quantitative estimate of drug-likeness (QED) is 0.502. The second-order valence-corrected chi connectivity index (χ2v) is 7.48. The maximum atomic E-state index is 12.2. The van der Waals surface area contributed by atoms with Gasteiger partial charge in [-0.1, -0.05) is 19.3 Å². The van der Waals surface area contributed by atoms with Gasteiger partial charge in [-0.05, 0) is 50.9 Å². The average Bonchev–Trinajstić information content (AvgIpc) is 3.40. The molecule has 1 saturated heterocycles. The summed E-state index contributed by atoms with van der Waals surface area (Å²) < 4.78 is 5.65. The minimum atomic E-state index is 0.0342. The third-order valence-electron chi connectivity index (χ3n) is 5.53. The molecule has 2 fully saturated rings. The second kappa shape index (κ2) is 10.3. The van der Waals surface area contributed by atoms with Gasteiger partial charge in [0.25, 0.3) is 0 Å². The van der Waals surface area contributed by atoms with E-state index in [-0.39, 0.29) is 18.5 Å². The van der Waals surface area contributed by atoms with Crippen molar-refractivity contribution in [2.24, 2.45) is 4.99 Å². The highest BCUT2D eigenvalue weighted by Gasteiger charge is 2.25. The third kappa shape index (κ3) is 5.99. The van der Waals surface area contributed by atoms with Crippen LogP contribution in [-0.2, 0) is 4.79 Å². The van der Waals surface area contributed by atoms with Gasteiger partial charge in [-0.2, -0.15) is 0 Å². The van der Waals surface area contributed by atoms with E-state index in [4.69, 9.17) is 4.42 Å². The van der Waals surface area contributed by atoms with E-state index >= 15 is 0 Å². The van der Waals surface area contributed by atoms with Gasteiger partial charge in [0.1, 0.15) is 5.76 Å². The maximum absolute atomic E-state index is 12.2. The lowest BCUT2D eigenvalue weighted by Gasteiger charge is -2.27. The molecule has 3 N–H and O–H groups in total. The summed E-state index contributed by atoms with van der Waals surface area (Å²) in [5, 5.41) is 9.60. The Balaban J connectivity index is 1.45. The van der Waals surface area contributed by atoms with Crippen LogP contribution < -0.4 is 16.0 Å². The highest BCUT2D eigenvalue weighted by molar-refractivity contribution is 5.86. The Bertz CT molecular complexity index is 590. The molecule has 1 aromatic heterocycles. The lowest BCUT2D eigenvalue weighted by atomic mass is 9.95. The van der Waals surface area contributed by atoms with E-state index in [9.17, 15) is 4.79 Å². The Morgan fingerprint density at radius 3 is 2.67 bits per heavy atom. The van der Waals surface area contributed by atoms with Gasteiger partial charge in [0.15, 0.2) is 5.96 Å². The van der Waals surface area contributed by atoms with Gasteiger partial charge in [0.05, 0.1) is 18.8 Å². The van der Waals surface area contributed by atoms with Gasteiger partial charge in [0.2, 0.25) is 5.91 Å². The highest BCUT2D eigenvalue weighted by Crippen LogP contribution is 2.24. The molecule has 27 heavy (non-hydrogen) atoms. The summed E-state index contributed by atoms with van der Waals surface area (Å²) in [6.07, 6.45) is 10.1. The molecule has 7 nitrogen and oxygen atoms in total. The van der Waals surface area contributed by atoms with Crippen molar-refractivity contribution in [3.63, 3.8) is 0 Å². The van der Waals surface area contributed by atoms with Crippen molar-refractivity contribution in [1.82, 2.24) is 20.9 Å². The lowest BCUT2D eigenvalue weighted by molar-refractivity contribution is -0.120. The van der Waals surface area contributed by atoms with Crippen molar-refractivity contribution in [1.29, 1.82) is 0 Å². The van der Waals surface area contributed by atoms with Crippen LogP contribution in [0.25, 0.3) is 0 Å². The van der Waals surface area contributed by atoms with E-state index < -0.39 is 0 Å². The molecular weight excluding hydrogens is 342 g/mol. The predicted octanol–water partition coefficient (Wildman–Crippen LogP) is 2.03. The molecule has 1 saturated carbocycles. The number of furan rings is 1. The molecule has 0 aromatic carbocycles. The number of nitrogens with one attached hydrogen (secondary N) is 3. The monoisotopic (exact) mass is 375 g/mol. The molecule has 7 heteroatoms. The van der Waals surface area contributed by atoms with Crippen LogP contribution in [0.4, 0.5) is 0 Å². The molecule has 2 heterocycles. The van der Waals surface area contributed by atoms with Gasteiger partial charge in [0, 0.05) is 19.6 Å². The summed E-state index contributed by atoms with van der Waals surface area (Å²) in [5.41, 5.74) is 0. The fraction of sp³-hybridized carbons (Fsp3) is 0.700. The van der Waals surface area contributed by atoms with Crippen LogP contribution in [0.15, 0.2) is 27.8 Å². The normalized spacial score (nSPS) is 20.4. The summed E-state index contributed by atoms with van der Waals surface area (Å²) in [6.45, 7) is 3.11. The number of hydrogen-bond acceptors (Lipinski definition) is 4. The van der Waals surface area contributed by atoms with Crippen LogP contribution in [0.5, 0.6) is 0 Å². The first-order valence-corrected chi connectivity index (χ1v) is 10.3. The van der Waals surface area contributed by atoms with E-state index in [0.717, 1.165) is 31.7 Å². The Kier molecular flexibility index (Phi) is 7.56. The third-order valence-corrected chi connectivity index (χ3v) is 5.53. The second-order valence-electron chi connectivity index (χ2n) is 7.48. The Hall–Kier alpha value is -2.02. The van der Waals surface area contributed by atoms with Crippen molar-refractivity contribution in [2.75, 3.05) is 33.2 Å². The summed E-state index contributed by atoms with van der Waals surface area (Å²) in [6, 6.07) is 4.47. The number of guanidine groups is 1. The van der Waals surface area contributed by atoms with Crippen molar-refractivity contribution < 1.29 is 9.21 Å². The first-order chi connectivity index (χ1) is 13.3. The number of carbonyl (C=O) groups excluding carboxylic acids is 1. The Morgan fingerprint density at radius 1 is 1.22 bits per heavy atom. The summed E-state index contributed by atoms with van der Waals surface area (Å²) in [5.74, 6) is 1.64. The molecule has 0 bridgehead atoms. The minimum absolute atomic E-state index is 0.0342. The number of rotatable bonds is 7. The number of amides is 1. The number of hydrogen-bond donors (Lipinski definition) is 3. The molecule has 1 unspecified atom stereocenters. The molecule has 0 radical (unpaired) electrons. The van der Waals surface area contributed by atoms with Gasteiger partial charge in [-0.15, -0.1) is 0 Å². The number of carbonyl (C=O) groups is 1. The van der Waals surface area contributed by atoms with Crippen LogP contribution in [0.3, 0.4) is 0 Å². The molecule has 1 amide bonds. The van der Waals surface area contributed by atoms with Crippen LogP contribution in [0, 0.1) is 0 Å². The zero-order valence-electron chi connectivity index (χ0n) is 16.4. The average molecular weight is 376 g/mol. The molecule has 2 aliphatic rings. The number of likely N-dealkylation sites (tertiary alicyclic amines) is 1. The fourth-order valence-corrected chi connectivity index (χ4v) is 4.05. The van der Waals surface area contributed by atoms with Gasteiger partial charge < -0.3 is 20.4 Å². The van der Waals surface area contributed by atoms with Crippen molar-refractivity contribution in [3.05, 3.63) is 24.2 Å². The molecule has 150 valence electrons. The van der Waals surface area contributed by atoms with Crippen molar-refractivity contribution in [3.8, 4) is 0 Å². The number of nitrogens with zero attached hydrogens (tertiary/aromatic N) is 2. The van der Waals surface area contributed by atoms with Crippen molar-refractivity contribution in [2.45, 2.75) is 57.0 Å². The first-order valence-electron chi connectivity index (χ1n) is 10.3. The lowest BCUT2D eigenvalue weighted by Crippen LogP contribution is -2.47.